The van der Waals surface area contributed by atoms with Crippen LogP contribution >= 0.6 is 0 Å². The van der Waals surface area contributed by atoms with E-state index in [1.54, 1.807) is 31.2 Å². The van der Waals surface area contributed by atoms with Crippen LogP contribution in [0.25, 0.3) is 0 Å². The zero-order chi connectivity index (χ0) is 19.3. The molecule has 0 fully saturated rings. The van der Waals surface area contributed by atoms with Crippen LogP contribution in [0.2, 0.25) is 0 Å². The molecule has 5 heteroatoms. The van der Waals surface area contributed by atoms with E-state index >= 15 is 0 Å². The smallest absolute Gasteiger partial charge is 0.307 e. The third-order valence-corrected chi connectivity index (χ3v) is 4.13. The lowest BCUT2D eigenvalue weighted by Gasteiger charge is -2.15. The molecule has 0 aromatic heterocycles. The molecule has 26 heavy (non-hydrogen) atoms. The van der Waals surface area contributed by atoms with Gasteiger partial charge in [-0.15, -0.1) is 0 Å². The van der Waals surface area contributed by atoms with Gasteiger partial charge in [-0.1, -0.05) is 35.9 Å². The SMILES string of the molecule is COC(=O)CC(C)NC(=O)c1ccccc1C(=O)c1cc(C)ccc1C. The summed E-state index contributed by atoms with van der Waals surface area (Å²) in [6, 6.07) is 11.9. The van der Waals surface area contributed by atoms with Crippen molar-refractivity contribution in [3.63, 3.8) is 0 Å². The summed E-state index contributed by atoms with van der Waals surface area (Å²) < 4.78 is 4.61. The Morgan fingerprint density at radius 3 is 2.31 bits per heavy atom. The van der Waals surface area contributed by atoms with Crippen molar-refractivity contribution in [3.8, 4) is 0 Å². The Labute approximate surface area is 153 Å². The number of ether oxygens (including phenoxy) is 1. The second-order valence-corrected chi connectivity index (χ2v) is 6.35. The molecule has 0 saturated carbocycles. The average Bonchev–Trinajstić information content (AvgIpc) is 2.62. The Morgan fingerprint density at radius 1 is 1.00 bits per heavy atom. The Morgan fingerprint density at radius 2 is 1.65 bits per heavy atom. The molecular formula is C21H23NO4. The predicted molar refractivity (Wildman–Crippen MR) is 99.4 cm³/mol. The molecule has 0 spiro atoms. The van der Waals surface area contributed by atoms with E-state index in [-0.39, 0.29) is 17.8 Å². The quantitative estimate of drug-likeness (QED) is 0.639. The van der Waals surface area contributed by atoms with Crippen LogP contribution in [-0.2, 0) is 9.53 Å². The normalized spacial score (nSPS) is 11.5. The third kappa shape index (κ3) is 4.57. The van der Waals surface area contributed by atoms with E-state index in [4.69, 9.17) is 0 Å². The molecule has 136 valence electrons. The van der Waals surface area contributed by atoms with E-state index in [2.05, 4.69) is 10.1 Å². The van der Waals surface area contributed by atoms with Gasteiger partial charge in [0, 0.05) is 17.2 Å². The Hall–Kier alpha value is -2.95. The summed E-state index contributed by atoms with van der Waals surface area (Å²) in [7, 11) is 1.30. The van der Waals surface area contributed by atoms with Crippen LogP contribution in [0.15, 0.2) is 42.5 Å². The number of benzene rings is 2. The van der Waals surface area contributed by atoms with Gasteiger partial charge in [-0.25, -0.2) is 0 Å². The maximum atomic E-state index is 13.0. The van der Waals surface area contributed by atoms with Gasteiger partial charge in [-0.2, -0.15) is 0 Å². The molecule has 0 aliphatic carbocycles. The predicted octanol–water partition coefficient (Wildman–Crippen LogP) is 3.22. The molecule has 1 atom stereocenters. The first-order valence-electron chi connectivity index (χ1n) is 8.42. The number of hydrogen-bond acceptors (Lipinski definition) is 4. The topological polar surface area (TPSA) is 72.5 Å². The maximum absolute atomic E-state index is 13.0. The summed E-state index contributed by atoms with van der Waals surface area (Å²) in [6.07, 6.45) is 0.0648. The van der Waals surface area contributed by atoms with E-state index in [0.29, 0.717) is 11.1 Å². The summed E-state index contributed by atoms with van der Waals surface area (Å²) >= 11 is 0. The van der Waals surface area contributed by atoms with Crippen molar-refractivity contribution in [2.45, 2.75) is 33.2 Å². The molecule has 0 aliphatic rings. The number of hydrogen-bond donors (Lipinski definition) is 1. The highest BCUT2D eigenvalue weighted by molar-refractivity contribution is 6.16. The van der Waals surface area contributed by atoms with Gasteiger partial charge in [-0.3, -0.25) is 14.4 Å². The van der Waals surface area contributed by atoms with Crippen molar-refractivity contribution < 1.29 is 19.1 Å². The second-order valence-electron chi connectivity index (χ2n) is 6.35. The van der Waals surface area contributed by atoms with Crippen molar-refractivity contribution >= 4 is 17.7 Å². The van der Waals surface area contributed by atoms with Crippen LogP contribution < -0.4 is 5.32 Å². The molecule has 0 radical (unpaired) electrons. The van der Waals surface area contributed by atoms with Crippen molar-refractivity contribution in [2.24, 2.45) is 0 Å². The Balaban J connectivity index is 2.30. The van der Waals surface area contributed by atoms with Gasteiger partial charge in [0.2, 0.25) is 0 Å². The number of amides is 1. The highest BCUT2D eigenvalue weighted by Crippen LogP contribution is 2.19. The molecule has 1 N–H and O–H groups in total. The van der Waals surface area contributed by atoms with Gasteiger partial charge in [0.05, 0.1) is 19.1 Å². The first-order valence-corrected chi connectivity index (χ1v) is 8.42. The average molecular weight is 353 g/mol. The molecule has 0 saturated heterocycles. The lowest BCUT2D eigenvalue weighted by atomic mass is 9.94. The van der Waals surface area contributed by atoms with Crippen LogP contribution in [0.5, 0.6) is 0 Å². The van der Waals surface area contributed by atoms with Gasteiger partial charge in [0.25, 0.3) is 5.91 Å². The zero-order valence-corrected chi connectivity index (χ0v) is 15.5. The summed E-state index contributed by atoms with van der Waals surface area (Å²) in [4.78, 5) is 37.0. The van der Waals surface area contributed by atoms with E-state index < -0.39 is 17.9 Å². The molecule has 2 aromatic rings. The van der Waals surface area contributed by atoms with E-state index in [9.17, 15) is 14.4 Å². The van der Waals surface area contributed by atoms with Gasteiger partial charge in [0.15, 0.2) is 5.78 Å². The first-order chi connectivity index (χ1) is 12.3. The number of carbonyl (C=O) groups excluding carboxylic acids is 3. The third-order valence-electron chi connectivity index (χ3n) is 4.13. The molecule has 0 aliphatic heterocycles. The minimum absolute atomic E-state index is 0.0648. The molecular weight excluding hydrogens is 330 g/mol. The van der Waals surface area contributed by atoms with Crippen molar-refractivity contribution in [2.75, 3.05) is 7.11 Å². The minimum Gasteiger partial charge on any atom is -0.469 e. The number of rotatable bonds is 6. The second kappa shape index (κ2) is 8.43. The standard InChI is InChI=1S/C21H23NO4/c1-13-9-10-14(2)18(11-13)20(24)16-7-5-6-8-17(16)21(25)22-15(3)12-19(23)26-4/h5-11,15H,12H2,1-4H3,(H,22,25). The number of esters is 1. The molecule has 0 heterocycles. The lowest BCUT2D eigenvalue weighted by molar-refractivity contribution is -0.141. The number of ketones is 1. The van der Waals surface area contributed by atoms with Crippen molar-refractivity contribution in [1.29, 1.82) is 0 Å². The summed E-state index contributed by atoms with van der Waals surface area (Å²) in [5.41, 5.74) is 3.04. The molecule has 1 amide bonds. The van der Waals surface area contributed by atoms with Crippen LogP contribution in [-0.4, -0.2) is 30.8 Å². The highest BCUT2D eigenvalue weighted by Gasteiger charge is 2.21. The Kier molecular flexibility index (Phi) is 6.28. The molecule has 1 unspecified atom stereocenters. The van der Waals surface area contributed by atoms with Crippen LogP contribution in [0, 0.1) is 13.8 Å². The van der Waals surface area contributed by atoms with Crippen LogP contribution in [0.4, 0.5) is 0 Å². The van der Waals surface area contributed by atoms with E-state index in [0.717, 1.165) is 11.1 Å². The number of carbonyl (C=O) groups is 3. The van der Waals surface area contributed by atoms with Crippen molar-refractivity contribution in [1.82, 2.24) is 5.32 Å². The summed E-state index contributed by atoms with van der Waals surface area (Å²) in [5.74, 6) is -0.995. The van der Waals surface area contributed by atoms with Crippen LogP contribution in [0.3, 0.4) is 0 Å². The number of aryl methyl sites for hydroxylation is 2. The van der Waals surface area contributed by atoms with E-state index in [1.165, 1.54) is 7.11 Å². The monoisotopic (exact) mass is 353 g/mol. The van der Waals surface area contributed by atoms with Gasteiger partial charge < -0.3 is 10.1 Å². The van der Waals surface area contributed by atoms with Crippen LogP contribution in [0.1, 0.15) is 50.8 Å². The highest BCUT2D eigenvalue weighted by atomic mass is 16.5. The maximum Gasteiger partial charge on any atom is 0.307 e. The lowest BCUT2D eigenvalue weighted by Crippen LogP contribution is -2.35. The number of nitrogens with one attached hydrogen (secondary N) is 1. The molecule has 0 bridgehead atoms. The summed E-state index contributed by atoms with van der Waals surface area (Å²) in [5, 5.41) is 2.74. The summed E-state index contributed by atoms with van der Waals surface area (Å²) in [6.45, 7) is 5.50. The van der Waals surface area contributed by atoms with Gasteiger partial charge >= 0.3 is 5.97 Å². The molecule has 2 rings (SSSR count). The fourth-order valence-corrected chi connectivity index (χ4v) is 2.69. The van der Waals surface area contributed by atoms with Gasteiger partial charge in [0.1, 0.15) is 0 Å². The zero-order valence-electron chi connectivity index (χ0n) is 15.5. The van der Waals surface area contributed by atoms with E-state index in [1.807, 2.05) is 32.0 Å². The number of methoxy groups -OCH3 is 1. The fraction of sp³-hybridized carbons (Fsp3) is 0.286. The molecule has 5 nitrogen and oxygen atoms in total. The molecule has 2 aromatic carbocycles. The Bertz CT molecular complexity index is 842. The minimum atomic E-state index is -0.405. The largest absolute Gasteiger partial charge is 0.469 e. The van der Waals surface area contributed by atoms with Gasteiger partial charge in [-0.05, 0) is 38.5 Å². The van der Waals surface area contributed by atoms with Crippen molar-refractivity contribution in [3.05, 3.63) is 70.3 Å². The fourth-order valence-electron chi connectivity index (χ4n) is 2.69. The first kappa shape index (κ1) is 19.4.